The third-order valence-electron chi connectivity index (χ3n) is 8.99. The highest BCUT2D eigenvalue weighted by molar-refractivity contribution is 5.72. The van der Waals surface area contributed by atoms with E-state index in [4.69, 9.17) is 14.2 Å². The lowest BCUT2D eigenvalue weighted by molar-refractivity contribution is -0.166. The number of unbranched alkanes of at least 4 members (excludes halogenated alkanes) is 9. The molecule has 0 amide bonds. The summed E-state index contributed by atoms with van der Waals surface area (Å²) in [5.41, 5.74) is 0. The smallest absolute Gasteiger partial charge is 0.310 e. The maximum Gasteiger partial charge on any atom is 0.310 e. The van der Waals surface area contributed by atoms with Crippen LogP contribution < -0.4 is 0 Å². The first-order chi connectivity index (χ1) is 29.0. The standard InChI is InChI=1S/C53H82O6/c1-4-7-10-13-15-17-19-21-23-24-25-26-27-28-30-31-33-35-37-40-43-46-52(55)58-49-50(48-57-51(54)45-42-39-12-9-6-3)59-53(56)47-44-41-38-36-34-32-29-22-20-18-16-14-11-8-5-2/h7-8,10-11,15-18,21-23,25-26,28-30,34,36,41,44,50H,4-6,9,12-14,19-20,24,27,31-33,35,37-40,42-43,45-49H2,1-3H3/b10-7-,11-8-,17-15-,18-16-,23-21-,26-25-,29-22-,30-28-,36-34-,44-41-. The highest BCUT2D eigenvalue weighted by Crippen LogP contribution is 2.11. The molecule has 0 aromatic carbocycles. The molecule has 0 aromatic rings. The fourth-order valence-electron chi connectivity index (χ4n) is 5.60. The molecule has 0 rings (SSSR count). The van der Waals surface area contributed by atoms with Crippen LogP contribution >= 0.6 is 0 Å². The van der Waals surface area contributed by atoms with Gasteiger partial charge in [0.15, 0.2) is 6.10 Å². The van der Waals surface area contributed by atoms with Crippen LogP contribution in [0.25, 0.3) is 0 Å². The van der Waals surface area contributed by atoms with Gasteiger partial charge in [0, 0.05) is 12.8 Å². The van der Waals surface area contributed by atoms with Gasteiger partial charge >= 0.3 is 17.9 Å². The van der Waals surface area contributed by atoms with Crippen molar-refractivity contribution in [3.63, 3.8) is 0 Å². The van der Waals surface area contributed by atoms with Crippen molar-refractivity contribution < 1.29 is 28.6 Å². The summed E-state index contributed by atoms with van der Waals surface area (Å²) in [6, 6.07) is 0. The van der Waals surface area contributed by atoms with Crippen LogP contribution in [0.4, 0.5) is 0 Å². The number of carbonyl (C=O) groups excluding carboxylic acids is 3. The molecule has 0 heterocycles. The van der Waals surface area contributed by atoms with E-state index in [1.165, 1.54) is 0 Å². The number of hydrogen-bond acceptors (Lipinski definition) is 6. The second-order valence-electron chi connectivity index (χ2n) is 14.6. The number of rotatable bonds is 39. The van der Waals surface area contributed by atoms with Crippen LogP contribution in [0, 0.1) is 0 Å². The van der Waals surface area contributed by atoms with E-state index in [-0.39, 0.29) is 31.6 Å². The number of hydrogen-bond donors (Lipinski definition) is 0. The number of allylic oxidation sites excluding steroid dienone is 19. The molecule has 1 unspecified atom stereocenters. The molecule has 0 saturated heterocycles. The zero-order valence-electron chi connectivity index (χ0n) is 37.5. The van der Waals surface area contributed by atoms with Gasteiger partial charge in [-0.3, -0.25) is 14.4 Å². The summed E-state index contributed by atoms with van der Waals surface area (Å²) in [4.78, 5) is 37.5. The van der Waals surface area contributed by atoms with Crippen molar-refractivity contribution in [2.45, 2.75) is 181 Å². The molecule has 0 bridgehead atoms. The Kier molecular flexibility index (Phi) is 43.2. The zero-order valence-corrected chi connectivity index (χ0v) is 37.5. The van der Waals surface area contributed by atoms with Crippen molar-refractivity contribution in [3.8, 4) is 0 Å². The van der Waals surface area contributed by atoms with E-state index >= 15 is 0 Å². The van der Waals surface area contributed by atoms with Crippen molar-refractivity contribution in [1.29, 1.82) is 0 Å². The largest absolute Gasteiger partial charge is 0.462 e. The first-order valence-corrected chi connectivity index (χ1v) is 23.0. The Bertz CT molecular complexity index is 1300. The van der Waals surface area contributed by atoms with E-state index in [1.54, 1.807) is 6.08 Å². The van der Waals surface area contributed by atoms with Crippen LogP contribution in [0.1, 0.15) is 175 Å². The highest BCUT2D eigenvalue weighted by atomic mass is 16.6. The van der Waals surface area contributed by atoms with Crippen LogP contribution in [-0.2, 0) is 28.6 Å². The van der Waals surface area contributed by atoms with Gasteiger partial charge in [0.2, 0.25) is 0 Å². The first kappa shape index (κ1) is 54.8. The second-order valence-corrected chi connectivity index (χ2v) is 14.6. The summed E-state index contributed by atoms with van der Waals surface area (Å²) in [6.07, 6.45) is 63.8. The highest BCUT2D eigenvalue weighted by Gasteiger charge is 2.19. The molecule has 330 valence electrons. The van der Waals surface area contributed by atoms with Crippen molar-refractivity contribution in [2.75, 3.05) is 13.2 Å². The number of ether oxygens (including phenoxy) is 3. The summed E-state index contributed by atoms with van der Waals surface area (Å²) < 4.78 is 16.5. The van der Waals surface area contributed by atoms with Gasteiger partial charge in [-0.1, -0.05) is 187 Å². The summed E-state index contributed by atoms with van der Waals surface area (Å²) >= 11 is 0. The van der Waals surface area contributed by atoms with Crippen molar-refractivity contribution in [2.24, 2.45) is 0 Å². The lowest BCUT2D eigenvalue weighted by atomic mass is 10.1. The van der Waals surface area contributed by atoms with E-state index in [9.17, 15) is 14.4 Å². The molecule has 0 radical (unpaired) electrons. The van der Waals surface area contributed by atoms with E-state index < -0.39 is 12.1 Å². The minimum atomic E-state index is -0.839. The normalized spacial score (nSPS) is 13.2. The summed E-state index contributed by atoms with van der Waals surface area (Å²) in [7, 11) is 0. The maximum atomic E-state index is 12.6. The van der Waals surface area contributed by atoms with Crippen molar-refractivity contribution >= 4 is 17.9 Å². The van der Waals surface area contributed by atoms with E-state index in [0.29, 0.717) is 19.3 Å². The molecule has 0 fully saturated rings. The third kappa shape index (κ3) is 44.8. The molecule has 0 aliphatic carbocycles. The van der Waals surface area contributed by atoms with Crippen molar-refractivity contribution in [3.05, 3.63) is 122 Å². The molecule has 6 heteroatoms. The number of esters is 3. The zero-order chi connectivity index (χ0) is 43.0. The SMILES string of the molecule is CC/C=C\C/C=C\C/C=C\C/C=C\C/C=C\CCCCCCCC(=O)OCC(COC(=O)CCCCCCC)OC(=O)C/C=C\C/C=C\C/C=C\C/C=C\C/C=C\CC. The van der Waals surface area contributed by atoms with Gasteiger partial charge in [-0.05, 0) is 89.9 Å². The predicted octanol–water partition coefficient (Wildman–Crippen LogP) is 15.0. The van der Waals surface area contributed by atoms with Crippen LogP contribution in [0.3, 0.4) is 0 Å². The molecule has 6 nitrogen and oxygen atoms in total. The molecule has 0 aliphatic heterocycles. The second kappa shape index (κ2) is 46.5. The minimum absolute atomic E-state index is 0.0877. The summed E-state index contributed by atoms with van der Waals surface area (Å²) in [5.74, 6) is -1.11. The lowest BCUT2D eigenvalue weighted by Gasteiger charge is -2.18. The van der Waals surface area contributed by atoms with E-state index in [2.05, 4.69) is 130 Å². The van der Waals surface area contributed by atoms with Crippen LogP contribution in [-0.4, -0.2) is 37.2 Å². The van der Waals surface area contributed by atoms with Crippen LogP contribution in [0.2, 0.25) is 0 Å². The first-order valence-electron chi connectivity index (χ1n) is 23.0. The van der Waals surface area contributed by atoms with Gasteiger partial charge < -0.3 is 14.2 Å². The maximum absolute atomic E-state index is 12.6. The van der Waals surface area contributed by atoms with Crippen LogP contribution in [0.15, 0.2) is 122 Å². The molecular formula is C53H82O6. The third-order valence-corrected chi connectivity index (χ3v) is 8.99. The Morgan fingerprint density at radius 3 is 1.12 bits per heavy atom. The average Bonchev–Trinajstić information content (AvgIpc) is 3.23. The molecule has 0 spiro atoms. The molecule has 0 aromatic heterocycles. The lowest BCUT2D eigenvalue weighted by Crippen LogP contribution is -2.30. The Labute approximate surface area is 361 Å². The van der Waals surface area contributed by atoms with Crippen molar-refractivity contribution in [1.82, 2.24) is 0 Å². The topological polar surface area (TPSA) is 78.9 Å². The van der Waals surface area contributed by atoms with Gasteiger partial charge in [-0.25, -0.2) is 0 Å². The fraction of sp³-hybridized carbons (Fsp3) is 0.566. The molecule has 0 saturated carbocycles. The Balaban J connectivity index is 4.38. The van der Waals surface area contributed by atoms with E-state index in [1.807, 2.05) is 6.08 Å². The van der Waals surface area contributed by atoms with Crippen LogP contribution in [0.5, 0.6) is 0 Å². The Hall–Kier alpha value is -4.19. The number of carbonyl (C=O) groups is 3. The van der Waals surface area contributed by atoms with Gasteiger partial charge in [-0.15, -0.1) is 0 Å². The predicted molar refractivity (Wildman–Crippen MR) is 251 cm³/mol. The molecule has 59 heavy (non-hydrogen) atoms. The Morgan fingerprint density at radius 1 is 0.373 bits per heavy atom. The quantitative estimate of drug-likeness (QED) is 0.0266. The van der Waals surface area contributed by atoms with Gasteiger partial charge in [-0.2, -0.15) is 0 Å². The Morgan fingerprint density at radius 2 is 0.712 bits per heavy atom. The molecule has 0 aliphatic rings. The van der Waals surface area contributed by atoms with Gasteiger partial charge in [0.05, 0.1) is 6.42 Å². The minimum Gasteiger partial charge on any atom is -0.462 e. The summed E-state index contributed by atoms with van der Waals surface area (Å²) in [6.45, 7) is 6.18. The molecular weight excluding hydrogens is 733 g/mol. The summed E-state index contributed by atoms with van der Waals surface area (Å²) in [5, 5.41) is 0. The molecule has 1 atom stereocenters. The monoisotopic (exact) mass is 815 g/mol. The molecule has 0 N–H and O–H groups in total. The fourth-order valence-corrected chi connectivity index (χ4v) is 5.60. The average molecular weight is 815 g/mol. The van der Waals surface area contributed by atoms with E-state index in [0.717, 1.165) is 128 Å². The van der Waals surface area contributed by atoms with Gasteiger partial charge in [0.1, 0.15) is 13.2 Å². The van der Waals surface area contributed by atoms with Gasteiger partial charge in [0.25, 0.3) is 0 Å².